The zero-order valence-corrected chi connectivity index (χ0v) is 14.5. The number of aromatic amines is 1. The number of aromatic nitrogens is 4. The zero-order chi connectivity index (χ0) is 16.9. The van der Waals surface area contributed by atoms with Crippen molar-refractivity contribution in [2.24, 2.45) is 0 Å². The summed E-state index contributed by atoms with van der Waals surface area (Å²) in [6.45, 7) is 8.31. The highest BCUT2D eigenvalue weighted by Crippen LogP contribution is 2.22. The third-order valence-corrected chi connectivity index (χ3v) is 4.06. The molecule has 0 aliphatic heterocycles. The average molecular weight is 324 g/mol. The van der Waals surface area contributed by atoms with Crippen molar-refractivity contribution >= 4 is 28.4 Å². The van der Waals surface area contributed by atoms with Crippen LogP contribution < -0.4 is 10.2 Å². The maximum Gasteiger partial charge on any atom is 0.229 e. The van der Waals surface area contributed by atoms with Gasteiger partial charge in [0.25, 0.3) is 0 Å². The summed E-state index contributed by atoms with van der Waals surface area (Å²) in [5, 5.41) is 11.5. The molecule has 0 aliphatic rings. The zero-order valence-electron chi connectivity index (χ0n) is 14.5. The molecule has 0 bridgehead atoms. The van der Waals surface area contributed by atoms with Crippen LogP contribution in [0.2, 0.25) is 0 Å². The third-order valence-electron chi connectivity index (χ3n) is 4.06. The summed E-state index contributed by atoms with van der Waals surface area (Å²) < 4.78 is 0. The fourth-order valence-corrected chi connectivity index (χ4v) is 2.78. The summed E-state index contributed by atoms with van der Waals surface area (Å²) in [6.07, 6.45) is 3.83. The van der Waals surface area contributed by atoms with Crippen LogP contribution in [0, 0.1) is 0 Å². The Labute approximate surface area is 142 Å². The first kappa shape index (κ1) is 16.2. The molecule has 0 fully saturated rings. The number of H-pyrrole nitrogens is 1. The van der Waals surface area contributed by atoms with Crippen molar-refractivity contribution in [3.05, 3.63) is 36.2 Å². The number of nitrogens with one attached hydrogen (secondary N) is 2. The Balaban J connectivity index is 1.92. The molecule has 24 heavy (non-hydrogen) atoms. The molecule has 1 aromatic carbocycles. The van der Waals surface area contributed by atoms with Gasteiger partial charge in [-0.2, -0.15) is 10.1 Å². The van der Waals surface area contributed by atoms with Crippen molar-refractivity contribution in [3.63, 3.8) is 0 Å². The lowest BCUT2D eigenvalue weighted by Crippen LogP contribution is -2.23. The van der Waals surface area contributed by atoms with E-state index in [2.05, 4.69) is 52.2 Å². The van der Waals surface area contributed by atoms with Crippen molar-refractivity contribution in [1.29, 1.82) is 0 Å². The van der Waals surface area contributed by atoms with Gasteiger partial charge in [-0.25, -0.2) is 4.98 Å². The summed E-state index contributed by atoms with van der Waals surface area (Å²) >= 11 is 0. The predicted molar refractivity (Wildman–Crippen MR) is 99.0 cm³/mol. The fraction of sp³-hybridized carbons (Fsp3) is 0.389. The van der Waals surface area contributed by atoms with E-state index in [0.717, 1.165) is 54.0 Å². The van der Waals surface area contributed by atoms with E-state index in [1.807, 2.05) is 24.4 Å². The van der Waals surface area contributed by atoms with Gasteiger partial charge in [0.1, 0.15) is 5.82 Å². The van der Waals surface area contributed by atoms with E-state index in [1.165, 1.54) is 0 Å². The van der Waals surface area contributed by atoms with Crippen LogP contribution in [0.5, 0.6) is 0 Å². The summed E-state index contributed by atoms with van der Waals surface area (Å²) in [5.74, 6) is 1.62. The number of nitrogens with zero attached hydrogens (tertiary/aromatic N) is 4. The number of hydrogen-bond donors (Lipinski definition) is 2. The molecule has 0 amide bonds. The Morgan fingerprint density at radius 3 is 2.67 bits per heavy atom. The minimum atomic E-state index is 0.640. The molecule has 6 heteroatoms. The summed E-state index contributed by atoms with van der Waals surface area (Å²) in [4.78, 5) is 11.6. The first-order chi connectivity index (χ1) is 11.7. The second-order valence-corrected chi connectivity index (χ2v) is 5.76. The number of benzene rings is 1. The third kappa shape index (κ3) is 3.48. The molecule has 0 radical (unpaired) electrons. The van der Waals surface area contributed by atoms with Crippen molar-refractivity contribution in [1.82, 2.24) is 20.2 Å². The van der Waals surface area contributed by atoms with Gasteiger partial charge in [0.2, 0.25) is 5.95 Å². The van der Waals surface area contributed by atoms with Crippen LogP contribution in [0.1, 0.15) is 32.9 Å². The van der Waals surface area contributed by atoms with E-state index in [1.54, 1.807) is 0 Å². The lowest BCUT2D eigenvalue weighted by atomic mass is 10.2. The molecule has 126 valence electrons. The molecule has 0 saturated heterocycles. The number of aryl methyl sites for hydroxylation is 1. The van der Waals surface area contributed by atoms with Gasteiger partial charge in [-0.15, -0.1) is 0 Å². The SMILES string of the molecule is CCCc1cc(N(CC)CC)nc(Nc2ccc3cn[nH]c3c2)n1. The van der Waals surface area contributed by atoms with Crippen LogP contribution in [-0.2, 0) is 6.42 Å². The van der Waals surface area contributed by atoms with Gasteiger partial charge in [-0.1, -0.05) is 13.3 Å². The van der Waals surface area contributed by atoms with Gasteiger partial charge >= 0.3 is 0 Å². The van der Waals surface area contributed by atoms with E-state index in [4.69, 9.17) is 4.98 Å². The van der Waals surface area contributed by atoms with Crippen LogP contribution in [0.25, 0.3) is 10.9 Å². The molecular formula is C18H24N6. The molecule has 0 unspecified atom stereocenters. The topological polar surface area (TPSA) is 69.7 Å². The van der Waals surface area contributed by atoms with Gasteiger partial charge < -0.3 is 10.2 Å². The predicted octanol–water partition coefficient (Wildman–Crippen LogP) is 3.90. The molecule has 2 heterocycles. The normalized spacial score (nSPS) is 11.0. The van der Waals surface area contributed by atoms with Crippen LogP contribution in [-0.4, -0.2) is 33.3 Å². The first-order valence-corrected chi connectivity index (χ1v) is 8.56. The Bertz CT molecular complexity index is 806. The molecular weight excluding hydrogens is 300 g/mol. The van der Waals surface area contributed by atoms with E-state index in [-0.39, 0.29) is 0 Å². The lowest BCUT2D eigenvalue weighted by Gasteiger charge is -2.21. The second-order valence-electron chi connectivity index (χ2n) is 5.76. The lowest BCUT2D eigenvalue weighted by molar-refractivity contribution is 0.824. The van der Waals surface area contributed by atoms with Gasteiger partial charge in [-0.3, -0.25) is 5.10 Å². The molecule has 3 rings (SSSR count). The minimum absolute atomic E-state index is 0.640. The summed E-state index contributed by atoms with van der Waals surface area (Å²) in [6, 6.07) is 8.17. The van der Waals surface area contributed by atoms with Crippen LogP contribution in [0.3, 0.4) is 0 Å². The fourth-order valence-electron chi connectivity index (χ4n) is 2.78. The van der Waals surface area contributed by atoms with E-state index in [9.17, 15) is 0 Å². The van der Waals surface area contributed by atoms with Gasteiger partial charge in [0.15, 0.2) is 0 Å². The summed E-state index contributed by atoms with van der Waals surface area (Å²) in [5.41, 5.74) is 3.01. The van der Waals surface area contributed by atoms with E-state index in [0.29, 0.717) is 5.95 Å². The summed E-state index contributed by atoms with van der Waals surface area (Å²) in [7, 11) is 0. The van der Waals surface area contributed by atoms with Gasteiger partial charge in [-0.05, 0) is 38.5 Å². The van der Waals surface area contributed by atoms with Gasteiger partial charge in [0.05, 0.1) is 11.7 Å². The molecule has 0 saturated carbocycles. The van der Waals surface area contributed by atoms with Crippen molar-refractivity contribution in [3.8, 4) is 0 Å². The van der Waals surface area contributed by atoms with Crippen LogP contribution in [0.4, 0.5) is 17.5 Å². The maximum absolute atomic E-state index is 4.70. The highest BCUT2D eigenvalue weighted by Gasteiger charge is 2.10. The van der Waals surface area contributed by atoms with E-state index < -0.39 is 0 Å². The average Bonchev–Trinajstić information content (AvgIpc) is 3.04. The second kappa shape index (κ2) is 7.29. The molecule has 6 nitrogen and oxygen atoms in total. The first-order valence-electron chi connectivity index (χ1n) is 8.56. The number of hydrogen-bond acceptors (Lipinski definition) is 5. The highest BCUT2D eigenvalue weighted by atomic mass is 15.2. The monoisotopic (exact) mass is 324 g/mol. The van der Waals surface area contributed by atoms with Crippen molar-refractivity contribution in [2.75, 3.05) is 23.3 Å². The molecule has 2 N–H and O–H groups in total. The Kier molecular flexibility index (Phi) is 4.93. The highest BCUT2D eigenvalue weighted by molar-refractivity contribution is 5.82. The molecule has 0 atom stereocenters. The molecule has 2 aromatic heterocycles. The van der Waals surface area contributed by atoms with Crippen molar-refractivity contribution in [2.45, 2.75) is 33.6 Å². The minimum Gasteiger partial charge on any atom is -0.357 e. The Morgan fingerprint density at radius 2 is 1.92 bits per heavy atom. The number of anilines is 3. The smallest absolute Gasteiger partial charge is 0.229 e. The van der Waals surface area contributed by atoms with Gasteiger partial charge in [0, 0.05) is 35.9 Å². The van der Waals surface area contributed by atoms with Crippen LogP contribution in [0.15, 0.2) is 30.5 Å². The number of fused-ring (bicyclic) bond motifs is 1. The largest absolute Gasteiger partial charge is 0.357 e. The molecule has 0 aliphatic carbocycles. The molecule has 3 aromatic rings. The van der Waals surface area contributed by atoms with Crippen molar-refractivity contribution < 1.29 is 0 Å². The Hall–Kier alpha value is -2.63. The standard InChI is InChI=1S/C18H24N6/c1-4-7-14-11-17(24(5-2)6-3)22-18(20-14)21-15-9-8-13-12-19-23-16(13)10-15/h8-12H,4-7H2,1-3H3,(H,19,23)(H,20,21,22). The quantitative estimate of drug-likeness (QED) is 0.690. The molecule has 0 spiro atoms. The number of rotatable bonds is 7. The maximum atomic E-state index is 4.70. The Morgan fingerprint density at radius 1 is 1.08 bits per heavy atom. The van der Waals surface area contributed by atoms with Crippen LogP contribution >= 0.6 is 0 Å². The van der Waals surface area contributed by atoms with E-state index >= 15 is 0 Å².